The van der Waals surface area contributed by atoms with Crippen molar-refractivity contribution in [1.82, 2.24) is 5.43 Å². The summed E-state index contributed by atoms with van der Waals surface area (Å²) in [5, 5.41) is 4.33. The van der Waals surface area contributed by atoms with Crippen LogP contribution in [0.5, 0.6) is 17.2 Å². The SMILES string of the molecule is COc1ccc(S(=O)(=O)Oc2ccc(/C=N\NC(=O)c3cccc(Cl)c3)cc2OC)cc1. The van der Waals surface area contributed by atoms with E-state index in [1.807, 2.05) is 0 Å². The molecule has 166 valence electrons. The van der Waals surface area contributed by atoms with Gasteiger partial charge in [0.15, 0.2) is 11.5 Å². The summed E-state index contributed by atoms with van der Waals surface area (Å²) >= 11 is 5.87. The molecule has 0 radical (unpaired) electrons. The number of nitrogens with one attached hydrogen (secondary N) is 1. The van der Waals surface area contributed by atoms with Crippen LogP contribution in [0.25, 0.3) is 0 Å². The van der Waals surface area contributed by atoms with E-state index in [2.05, 4.69) is 10.5 Å². The van der Waals surface area contributed by atoms with E-state index in [4.69, 9.17) is 25.3 Å². The smallest absolute Gasteiger partial charge is 0.339 e. The molecule has 0 spiro atoms. The summed E-state index contributed by atoms with van der Waals surface area (Å²) in [6.07, 6.45) is 1.38. The Kier molecular flexibility index (Phi) is 7.34. The van der Waals surface area contributed by atoms with Gasteiger partial charge in [0, 0.05) is 10.6 Å². The van der Waals surface area contributed by atoms with Crippen LogP contribution < -0.4 is 19.1 Å². The van der Waals surface area contributed by atoms with Gasteiger partial charge in [-0.15, -0.1) is 0 Å². The molecule has 0 aliphatic rings. The molecule has 3 aromatic carbocycles. The molecule has 1 amide bonds. The molecule has 0 aromatic heterocycles. The minimum absolute atomic E-state index is 0.00318. The lowest BCUT2D eigenvalue weighted by Crippen LogP contribution is -2.17. The predicted octanol–water partition coefficient (Wildman–Crippen LogP) is 3.89. The Hall–Kier alpha value is -3.56. The molecular weight excluding hydrogens is 456 g/mol. The molecule has 0 saturated heterocycles. The topological polar surface area (TPSA) is 103 Å². The molecule has 0 unspecified atom stereocenters. The molecule has 0 bridgehead atoms. The van der Waals surface area contributed by atoms with E-state index in [9.17, 15) is 13.2 Å². The van der Waals surface area contributed by atoms with Crippen LogP contribution in [0.2, 0.25) is 5.02 Å². The van der Waals surface area contributed by atoms with E-state index in [0.29, 0.717) is 21.9 Å². The van der Waals surface area contributed by atoms with Crippen molar-refractivity contribution in [2.24, 2.45) is 5.10 Å². The van der Waals surface area contributed by atoms with Crippen LogP contribution >= 0.6 is 11.6 Å². The zero-order valence-corrected chi connectivity index (χ0v) is 18.7. The fourth-order valence-electron chi connectivity index (χ4n) is 2.60. The van der Waals surface area contributed by atoms with Gasteiger partial charge in [-0.3, -0.25) is 4.79 Å². The lowest BCUT2D eigenvalue weighted by molar-refractivity contribution is 0.0955. The first-order valence-electron chi connectivity index (χ1n) is 9.18. The number of ether oxygens (including phenoxy) is 2. The summed E-state index contributed by atoms with van der Waals surface area (Å²) in [5.74, 6) is 0.268. The normalized spacial score (nSPS) is 11.2. The Labute approximate surface area is 190 Å². The largest absolute Gasteiger partial charge is 0.497 e. The van der Waals surface area contributed by atoms with E-state index in [1.165, 1.54) is 62.9 Å². The minimum Gasteiger partial charge on any atom is -0.497 e. The fraction of sp³-hybridized carbons (Fsp3) is 0.0909. The van der Waals surface area contributed by atoms with E-state index in [-0.39, 0.29) is 16.4 Å². The van der Waals surface area contributed by atoms with Crippen molar-refractivity contribution in [3.05, 3.63) is 82.9 Å². The predicted molar refractivity (Wildman–Crippen MR) is 120 cm³/mol. The molecule has 0 atom stereocenters. The monoisotopic (exact) mass is 474 g/mol. The Morgan fingerprint density at radius 1 is 0.969 bits per heavy atom. The van der Waals surface area contributed by atoms with Crippen LogP contribution in [0.3, 0.4) is 0 Å². The number of nitrogens with zero attached hydrogens (tertiary/aromatic N) is 1. The highest BCUT2D eigenvalue weighted by Gasteiger charge is 2.19. The quantitative estimate of drug-likeness (QED) is 0.302. The summed E-state index contributed by atoms with van der Waals surface area (Å²) in [7, 11) is -1.22. The number of halogens is 1. The third kappa shape index (κ3) is 5.77. The second-order valence-electron chi connectivity index (χ2n) is 6.33. The van der Waals surface area contributed by atoms with Gasteiger partial charge in [-0.25, -0.2) is 5.43 Å². The standard InChI is InChI=1S/C22H19ClN2O6S/c1-29-18-7-9-19(10-8-18)32(27,28)31-20-11-6-15(12-21(20)30-2)14-24-25-22(26)16-4-3-5-17(23)13-16/h3-14H,1-2H3,(H,25,26)/b24-14-. The second-order valence-corrected chi connectivity index (χ2v) is 8.32. The van der Waals surface area contributed by atoms with E-state index >= 15 is 0 Å². The number of benzene rings is 3. The van der Waals surface area contributed by atoms with Gasteiger partial charge in [0.25, 0.3) is 5.91 Å². The van der Waals surface area contributed by atoms with Gasteiger partial charge in [-0.2, -0.15) is 13.5 Å². The fourth-order valence-corrected chi connectivity index (χ4v) is 3.73. The van der Waals surface area contributed by atoms with Gasteiger partial charge >= 0.3 is 10.1 Å². The van der Waals surface area contributed by atoms with Crippen LogP contribution in [-0.4, -0.2) is 34.8 Å². The van der Waals surface area contributed by atoms with Gasteiger partial charge in [0.2, 0.25) is 0 Å². The molecule has 3 aromatic rings. The highest BCUT2D eigenvalue weighted by molar-refractivity contribution is 7.87. The minimum atomic E-state index is -4.08. The van der Waals surface area contributed by atoms with Gasteiger partial charge in [-0.05, 0) is 66.2 Å². The van der Waals surface area contributed by atoms with Crippen LogP contribution in [0.15, 0.2) is 76.7 Å². The van der Waals surface area contributed by atoms with Crippen molar-refractivity contribution < 1.29 is 26.9 Å². The molecule has 3 rings (SSSR count). The molecule has 1 N–H and O–H groups in total. The van der Waals surface area contributed by atoms with E-state index in [1.54, 1.807) is 24.3 Å². The maximum absolute atomic E-state index is 12.6. The van der Waals surface area contributed by atoms with E-state index < -0.39 is 16.0 Å². The number of methoxy groups -OCH3 is 2. The van der Waals surface area contributed by atoms with E-state index in [0.717, 1.165) is 0 Å². The highest BCUT2D eigenvalue weighted by Crippen LogP contribution is 2.30. The molecule has 32 heavy (non-hydrogen) atoms. The van der Waals surface area contributed by atoms with Crippen molar-refractivity contribution in [3.63, 3.8) is 0 Å². The summed E-state index contributed by atoms with van der Waals surface area (Å²) < 4.78 is 40.6. The Bertz CT molecular complexity index is 1240. The first kappa shape index (κ1) is 23.1. The average Bonchev–Trinajstić information content (AvgIpc) is 2.79. The van der Waals surface area contributed by atoms with Crippen molar-refractivity contribution in [3.8, 4) is 17.2 Å². The lowest BCUT2D eigenvalue weighted by Gasteiger charge is -2.11. The van der Waals surface area contributed by atoms with Crippen molar-refractivity contribution in [2.45, 2.75) is 4.90 Å². The van der Waals surface area contributed by atoms with Crippen LogP contribution in [0, 0.1) is 0 Å². The Morgan fingerprint density at radius 2 is 1.72 bits per heavy atom. The summed E-state index contributed by atoms with van der Waals surface area (Å²) in [6.45, 7) is 0. The zero-order valence-electron chi connectivity index (χ0n) is 17.1. The molecule has 8 nitrogen and oxygen atoms in total. The third-order valence-corrected chi connectivity index (χ3v) is 5.69. The van der Waals surface area contributed by atoms with Gasteiger partial charge < -0.3 is 13.7 Å². The molecular formula is C22H19ClN2O6S. The van der Waals surface area contributed by atoms with Crippen LogP contribution in [0.1, 0.15) is 15.9 Å². The number of hydrazone groups is 1. The molecule has 0 heterocycles. The molecule has 10 heteroatoms. The van der Waals surface area contributed by atoms with Gasteiger partial charge in [0.1, 0.15) is 10.6 Å². The van der Waals surface area contributed by atoms with Gasteiger partial charge in [0.05, 0.1) is 20.4 Å². The summed E-state index contributed by atoms with van der Waals surface area (Å²) in [4.78, 5) is 12.1. The van der Waals surface area contributed by atoms with Crippen molar-refractivity contribution >= 4 is 33.8 Å². The zero-order chi connectivity index (χ0) is 23.1. The van der Waals surface area contributed by atoms with Crippen LogP contribution in [-0.2, 0) is 10.1 Å². The number of hydrogen-bond acceptors (Lipinski definition) is 7. The first-order valence-corrected chi connectivity index (χ1v) is 11.0. The highest BCUT2D eigenvalue weighted by atomic mass is 35.5. The third-order valence-electron chi connectivity index (χ3n) is 4.20. The van der Waals surface area contributed by atoms with Crippen molar-refractivity contribution in [1.29, 1.82) is 0 Å². The number of carbonyl (C=O) groups excluding carboxylic acids is 1. The molecule has 0 aliphatic heterocycles. The maximum atomic E-state index is 12.6. The van der Waals surface area contributed by atoms with Crippen LogP contribution in [0.4, 0.5) is 0 Å². The Morgan fingerprint density at radius 3 is 2.38 bits per heavy atom. The first-order chi connectivity index (χ1) is 15.3. The molecule has 0 fully saturated rings. The van der Waals surface area contributed by atoms with Crippen molar-refractivity contribution in [2.75, 3.05) is 14.2 Å². The number of carbonyl (C=O) groups is 1. The number of rotatable bonds is 8. The van der Waals surface area contributed by atoms with Gasteiger partial charge in [-0.1, -0.05) is 17.7 Å². The maximum Gasteiger partial charge on any atom is 0.339 e. The molecule has 0 aliphatic carbocycles. The average molecular weight is 475 g/mol. The lowest BCUT2D eigenvalue weighted by atomic mass is 10.2. The summed E-state index contributed by atoms with van der Waals surface area (Å²) in [6, 6.07) is 16.8. The summed E-state index contributed by atoms with van der Waals surface area (Å²) in [5.41, 5.74) is 3.29. The second kappa shape index (κ2) is 10.2. The Balaban J connectivity index is 1.72. The number of hydrogen-bond donors (Lipinski definition) is 1. The molecule has 0 saturated carbocycles. The number of amides is 1.